The highest BCUT2D eigenvalue weighted by Crippen LogP contribution is 2.19. The lowest BCUT2D eigenvalue weighted by Gasteiger charge is -2.05. The first-order valence-corrected chi connectivity index (χ1v) is 7.45. The van der Waals surface area contributed by atoms with Gasteiger partial charge in [-0.15, -0.1) is 0 Å². The normalized spacial score (nSPS) is 11.6. The second-order valence-electron chi connectivity index (χ2n) is 4.75. The Balaban J connectivity index is 0.000000220. The lowest BCUT2D eigenvalue weighted by atomic mass is 10.1. The zero-order valence-corrected chi connectivity index (χ0v) is 13.6. The summed E-state index contributed by atoms with van der Waals surface area (Å²) in [5.41, 5.74) is 12.6. The van der Waals surface area contributed by atoms with Crippen LogP contribution in [0.2, 0.25) is 10.0 Å². The summed E-state index contributed by atoms with van der Waals surface area (Å²) in [6.07, 6.45) is 0.689. The first kappa shape index (κ1) is 18.8. The Labute approximate surface area is 139 Å². The quantitative estimate of drug-likeness (QED) is 0.860. The average molecular weight is 347 g/mol. The van der Waals surface area contributed by atoms with Crippen LogP contribution in [0, 0.1) is 11.6 Å². The van der Waals surface area contributed by atoms with Crippen molar-refractivity contribution in [2.24, 2.45) is 11.5 Å². The van der Waals surface area contributed by atoms with E-state index in [1.807, 2.05) is 6.92 Å². The highest BCUT2D eigenvalue weighted by Gasteiger charge is 2.03. The molecule has 0 saturated carbocycles. The minimum atomic E-state index is -0.406. The first-order valence-electron chi connectivity index (χ1n) is 6.69. The van der Waals surface area contributed by atoms with E-state index >= 15 is 0 Å². The van der Waals surface area contributed by atoms with Crippen LogP contribution in [-0.2, 0) is 6.42 Å². The molecular formula is C16H18Cl2F2N2. The molecule has 2 rings (SSSR count). The van der Waals surface area contributed by atoms with Crippen molar-refractivity contribution in [3.8, 4) is 0 Å². The van der Waals surface area contributed by atoms with E-state index in [-0.39, 0.29) is 21.9 Å². The summed E-state index contributed by atoms with van der Waals surface area (Å²) in [6.45, 7) is 2.35. The summed E-state index contributed by atoms with van der Waals surface area (Å²) < 4.78 is 25.3. The number of halogens is 4. The standard InChI is InChI=1S/2C8H9ClFN/c1-5(11)6-2-3-8(10)7(9)4-6;9-7-2-1-6(3-4-11)5-8(7)10/h2-5H,11H2,1H3;1-2,5H,3-4,11H2. The largest absolute Gasteiger partial charge is 0.330 e. The molecule has 0 heterocycles. The molecule has 0 aromatic heterocycles. The maximum absolute atomic E-state index is 12.7. The molecule has 0 fully saturated rings. The third kappa shape index (κ3) is 5.89. The molecular weight excluding hydrogens is 329 g/mol. The van der Waals surface area contributed by atoms with Gasteiger partial charge in [-0.2, -0.15) is 0 Å². The smallest absolute Gasteiger partial charge is 0.142 e. The molecule has 0 aliphatic carbocycles. The molecule has 0 amide bonds. The van der Waals surface area contributed by atoms with E-state index in [0.29, 0.717) is 13.0 Å². The van der Waals surface area contributed by atoms with Crippen LogP contribution in [0.3, 0.4) is 0 Å². The van der Waals surface area contributed by atoms with Crippen LogP contribution in [0.25, 0.3) is 0 Å². The highest BCUT2D eigenvalue weighted by atomic mass is 35.5. The molecule has 22 heavy (non-hydrogen) atoms. The van der Waals surface area contributed by atoms with E-state index in [4.69, 9.17) is 34.7 Å². The van der Waals surface area contributed by atoms with Crippen molar-refractivity contribution in [2.75, 3.05) is 6.54 Å². The van der Waals surface area contributed by atoms with Crippen LogP contribution in [0.15, 0.2) is 36.4 Å². The predicted octanol–water partition coefficient (Wildman–Crippen LogP) is 4.48. The summed E-state index contributed by atoms with van der Waals surface area (Å²) in [5.74, 6) is -0.784. The molecule has 2 aromatic carbocycles. The zero-order chi connectivity index (χ0) is 16.7. The van der Waals surface area contributed by atoms with Gasteiger partial charge in [-0.05, 0) is 55.3 Å². The van der Waals surface area contributed by atoms with Gasteiger partial charge in [0, 0.05) is 6.04 Å². The van der Waals surface area contributed by atoms with Crippen molar-refractivity contribution in [1.29, 1.82) is 0 Å². The number of hydrogen-bond donors (Lipinski definition) is 2. The van der Waals surface area contributed by atoms with Gasteiger partial charge in [-0.3, -0.25) is 0 Å². The van der Waals surface area contributed by atoms with E-state index in [9.17, 15) is 8.78 Å². The van der Waals surface area contributed by atoms with Crippen molar-refractivity contribution in [2.45, 2.75) is 19.4 Å². The minimum absolute atomic E-state index is 0.104. The van der Waals surface area contributed by atoms with Gasteiger partial charge in [0.1, 0.15) is 11.6 Å². The fourth-order valence-electron chi connectivity index (χ4n) is 1.66. The second-order valence-corrected chi connectivity index (χ2v) is 5.56. The van der Waals surface area contributed by atoms with Gasteiger partial charge in [-0.25, -0.2) is 8.78 Å². The Morgan fingerprint density at radius 3 is 2.18 bits per heavy atom. The average Bonchev–Trinajstić information content (AvgIpc) is 2.47. The summed E-state index contributed by atoms with van der Waals surface area (Å²) in [4.78, 5) is 0. The Morgan fingerprint density at radius 1 is 1.00 bits per heavy atom. The van der Waals surface area contributed by atoms with Gasteiger partial charge in [0.2, 0.25) is 0 Å². The van der Waals surface area contributed by atoms with E-state index in [1.165, 1.54) is 12.1 Å². The van der Waals surface area contributed by atoms with Gasteiger partial charge < -0.3 is 11.5 Å². The molecule has 0 aliphatic rings. The summed E-state index contributed by atoms with van der Waals surface area (Å²) in [6, 6.07) is 9.12. The molecule has 4 N–H and O–H groups in total. The third-order valence-corrected chi connectivity index (χ3v) is 3.48. The third-order valence-electron chi connectivity index (χ3n) is 2.89. The molecule has 0 radical (unpaired) electrons. The lowest BCUT2D eigenvalue weighted by molar-refractivity contribution is 0.625. The second kappa shape index (κ2) is 9.06. The number of benzene rings is 2. The number of nitrogens with two attached hydrogens (primary N) is 2. The highest BCUT2D eigenvalue weighted by molar-refractivity contribution is 6.31. The summed E-state index contributed by atoms with van der Waals surface area (Å²) in [7, 11) is 0. The summed E-state index contributed by atoms with van der Waals surface area (Å²) in [5, 5.41) is 0.283. The fraction of sp³-hybridized carbons (Fsp3) is 0.250. The van der Waals surface area contributed by atoms with Crippen molar-refractivity contribution in [3.63, 3.8) is 0 Å². The van der Waals surface area contributed by atoms with Crippen molar-refractivity contribution in [3.05, 3.63) is 69.2 Å². The van der Waals surface area contributed by atoms with Crippen LogP contribution >= 0.6 is 23.2 Å². The fourth-order valence-corrected chi connectivity index (χ4v) is 1.96. The molecule has 0 saturated heterocycles. The van der Waals surface area contributed by atoms with E-state index in [1.54, 1.807) is 24.3 Å². The minimum Gasteiger partial charge on any atom is -0.330 e. The molecule has 1 atom stereocenters. The Morgan fingerprint density at radius 2 is 1.68 bits per heavy atom. The van der Waals surface area contributed by atoms with E-state index in [2.05, 4.69) is 0 Å². The molecule has 2 aromatic rings. The number of rotatable bonds is 3. The number of hydrogen-bond acceptors (Lipinski definition) is 2. The maximum Gasteiger partial charge on any atom is 0.142 e. The first-order chi connectivity index (χ1) is 10.3. The SMILES string of the molecule is CC(N)c1ccc(F)c(Cl)c1.NCCc1ccc(Cl)c(F)c1. The molecule has 1 unspecified atom stereocenters. The van der Waals surface area contributed by atoms with Crippen LogP contribution in [-0.4, -0.2) is 6.54 Å². The molecule has 6 heteroatoms. The summed E-state index contributed by atoms with van der Waals surface area (Å²) >= 11 is 11.0. The van der Waals surface area contributed by atoms with Crippen LogP contribution in [0.1, 0.15) is 24.1 Å². The monoisotopic (exact) mass is 346 g/mol. The predicted molar refractivity (Wildman–Crippen MR) is 88.2 cm³/mol. The molecule has 120 valence electrons. The van der Waals surface area contributed by atoms with Crippen LogP contribution in [0.4, 0.5) is 8.78 Å². The molecule has 2 nitrogen and oxygen atoms in total. The lowest BCUT2D eigenvalue weighted by Crippen LogP contribution is -2.04. The van der Waals surface area contributed by atoms with Crippen molar-refractivity contribution < 1.29 is 8.78 Å². The van der Waals surface area contributed by atoms with Crippen LogP contribution < -0.4 is 11.5 Å². The van der Waals surface area contributed by atoms with E-state index < -0.39 is 5.82 Å². The van der Waals surface area contributed by atoms with Crippen LogP contribution in [0.5, 0.6) is 0 Å². The van der Waals surface area contributed by atoms with Gasteiger partial charge in [0.15, 0.2) is 0 Å². The Kier molecular flexibility index (Phi) is 7.76. The van der Waals surface area contributed by atoms with Gasteiger partial charge in [-0.1, -0.05) is 35.3 Å². The molecule has 0 bridgehead atoms. The van der Waals surface area contributed by atoms with Crippen molar-refractivity contribution >= 4 is 23.2 Å². The van der Waals surface area contributed by atoms with E-state index in [0.717, 1.165) is 11.1 Å². The van der Waals surface area contributed by atoms with Gasteiger partial charge in [0.25, 0.3) is 0 Å². The van der Waals surface area contributed by atoms with Crippen molar-refractivity contribution in [1.82, 2.24) is 0 Å². The Hall–Kier alpha value is -1.20. The topological polar surface area (TPSA) is 52.0 Å². The van der Waals surface area contributed by atoms with Gasteiger partial charge >= 0.3 is 0 Å². The Bertz CT molecular complexity index is 619. The zero-order valence-electron chi connectivity index (χ0n) is 12.1. The maximum atomic E-state index is 12.7. The molecule has 0 aliphatic heterocycles. The van der Waals surface area contributed by atoms with Gasteiger partial charge in [0.05, 0.1) is 10.0 Å². The molecule has 0 spiro atoms.